The van der Waals surface area contributed by atoms with Crippen LogP contribution in [0, 0.1) is 6.92 Å². The molecule has 0 saturated heterocycles. The molecule has 2 aromatic heterocycles. The fraction of sp³-hybridized carbons (Fsp3) is 0.188. The fourth-order valence-corrected chi connectivity index (χ4v) is 4.48. The van der Waals surface area contributed by atoms with Gasteiger partial charge in [-0.25, -0.2) is 18.2 Å². The van der Waals surface area contributed by atoms with Gasteiger partial charge in [0, 0.05) is 16.0 Å². The van der Waals surface area contributed by atoms with Crippen molar-refractivity contribution in [1.29, 1.82) is 0 Å². The van der Waals surface area contributed by atoms with Crippen LogP contribution in [0.2, 0.25) is 0 Å². The van der Waals surface area contributed by atoms with E-state index in [-0.39, 0.29) is 4.90 Å². The fourth-order valence-electron chi connectivity index (χ4n) is 3.08. The predicted molar refractivity (Wildman–Crippen MR) is 90.4 cm³/mol. The molecule has 1 aliphatic carbocycles. The van der Waals surface area contributed by atoms with Gasteiger partial charge in [-0.1, -0.05) is 0 Å². The number of nitrogens with zero attached hydrogens (tertiary/aromatic N) is 2. The molecule has 1 aromatic carbocycles. The Labute approximate surface area is 138 Å². The van der Waals surface area contributed by atoms with E-state index in [2.05, 4.69) is 16.5 Å². The average molecular weight is 345 g/mol. The molecule has 0 fully saturated rings. The molecule has 4 rings (SSSR count). The molecule has 1 aliphatic rings. The predicted octanol–water partition coefficient (Wildman–Crippen LogP) is 2.66. The minimum absolute atomic E-state index is 0.107. The molecule has 118 valence electrons. The van der Waals surface area contributed by atoms with E-state index in [4.69, 9.17) is 5.14 Å². The summed E-state index contributed by atoms with van der Waals surface area (Å²) >= 11 is 1.77. The van der Waals surface area contributed by atoms with E-state index in [1.54, 1.807) is 23.5 Å². The summed E-state index contributed by atoms with van der Waals surface area (Å²) in [5.41, 5.74) is 5.47. The van der Waals surface area contributed by atoms with Crippen LogP contribution in [0.5, 0.6) is 0 Å². The molecule has 2 N–H and O–H groups in total. The monoisotopic (exact) mass is 345 g/mol. The third-order valence-electron chi connectivity index (χ3n) is 4.20. The van der Waals surface area contributed by atoms with Crippen LogP contribution in [0.1, 0.15) is 16.1 Å². The largest absolute Gasteiger partial charge is 0.238 e. The maximum Gasteiger partial charge on any atom is 0.238 e. The lowest BCUT2D eigenvalue weighted by molar-refractivity contribution is 0.598. The minimum atomic E-state index is -3.68. The molecule has 0 unspecified atom stereocenters. The summed E-state index contributed by atoms with van der Waals surface area (Å²) < 4.78 is 24.7. The smallest absolute Gasteiger partial charge is 0.233 e. The van der Waals surface area contributed by atoms with E-state index in [1.165, 1.54) is 28.1 Å². The summed E-state index contributed by atoms with van der Waals surface area (Å²) in [4.78, 5) is 1.48. The second kappa shape index (κ2) is 5.02. The van der Waals surface area contributed by atoms with E-state index in [0.29, 0.717) is 0 Å². The number of benzene rings is 1. The second-order valence-corrected chi connectivity index (χ2v) is 8.18. The lowest BCUT2D eigenvalue weighted by atomic mass is 9.95. The van der Waals surface area contributed by atoms with E-state index in [9.17, 15) is 8.42 Å². The van der Waals surface area contributed by atoms with Gasteiger partial charge in [0.2, 0.25) is 10.0 Å². The Hall–Kier alpha value is -1.96. The molecule has 0 radical (unpaired) electrons. The van der Waals surface area contributed by atoms with Gasteiger partial charge in [-0.2, -0.15) is 5.10 Å². The highest BCUT2D eigenvalue weighted by molar-refractivity contribution is 7.89. The average Bonchev–Trinajstić information content (AvgIpc) is 3.11. The Bertz CT molecular complexity index is 999. The third-order valence-corrected chi connectivity index (χ3v) is 6.11. The van der Waals surface area contributed by atoms with Gasteiger partial charge in [0.15, 0.2) is 0 Å². The van der Waals surface area contributed by atoms with Crippen molar-refractivity contribution in [3.8, 4) is 16.9 Å². The zero-order valence-corrected chi connectivity index (χ0v) is 14.1. The number of rotatable bonds is 2. The van der Waals surface area contributed by atoms with Crippen molar-refractivity contribution in [1.82, 2.24) is 9.78 Å². The van der Waals surface area contributed by atoms with E-state index in [1.807, 2.05) is 11.6 Å². The molecular formula is C16H15N3O2S2. The molecule has 0 spiro atoms. The molecule has 0 bridgehead atoms. The first-order chi connectivity index (χ1) is 10.9. The first kappa shape index (κ1) is 14.6. The van der Waals surface area contributed by atoms with E-state index in [0.717, 1.165) is 29.9 Å². The van der Waals surface area contributed by atoms with Crippen LogP contribution >= 0.6 is 11.3 Å². The molecule has 2 heterocycles. The molecular weight excluding hydrogens is 330 g/mol. The van der Waals surface area contributed by atoms with Gasteiger partial charge >= 0.3 is 0 Å². The van der Waals surface area contributed by atoms with E-state index < -0.39 is 10.0 Å². The number of primary sulfonamides is 1. The third kappa shape index (κ3) is 2.32. The number of hydrogen-bond donors (Lipinski definition) is 1. The Morgan fingerprint density at radius 3 is 2.61 bits per heavy atom. The van der Waals surface area contributed by atoms with Crippen LogP contribution in [0.4, 0.5) is 0 Å². The summed E-state index contributed by atoms with van der Waals surface area (Å²) in [6, 6.07) is 8.66. The summed E-state index contributed by atoms with van der Waals surface area (Å²) in [7, 11) is -3.68. The van der Waals surface area contributed by atoms with Gasteiger partial charge in [-0.15, -0.1) is 11.3 Å². The van der Waals surface area contributed by atoms with Crippen molar-refractivity contribution in [2.45, 2.75) is 24.7 Å². The van der Waals surface area contributed by atoms with Gasteiger partial charge in [0.05, 0.1) is 22.0 Å². The Morgan fingerprint density at radius 2 is 1.91 bits per heavy atom. The second-order valence-electron chi connectivity index (χ2n) is 5.62. The lowest BCUT2D eigenvalue weighted by Gasteiger charge is -2.15. The molecule has 23 heavy (non-hydrogen) atoms. The topological polar surface area (TPSA) is 78.0 Å². The van der Waals surface area contributed by atoms with Gasteiger partial charge in [-0.3, -0.25) is 0 Å². The summed E-state index contributed by atoms with van der Waals surface area (Å²) in [5.74, 6) is 0. The van der Waals surface area contributed by atoms with Crippen molar-refractivity contribution in [2.75, 3.05) is 0 Å². The van der Waals surface area contributed by atoms with Gasteiger partial charge in [0.25, 0.3) is 0 Å². The number of thiophene rings is 1. The zero-order chi connectivity index (χ0) is 16.2. The number of aryl methyl sites for hydroxylation is 2. The van der Waals surface area contributed by atoms with Crippen molar-refractivity contribution in [2.24, 2.45) is 5.14 Å². The van der Waals surface area contributed by atoms with Crippen molar-refractivity contribution >= 4 is 21.4 Å². The first-order valence-electron chi connectivity index (χ1n) is 7.23. The maximum absolute atomic E-state index is 11.4. The van der Waals surface area contributed by atoms with Crippen molar-refractivity contribution < 1.29 is 8.42 Å². The van der Waals surface area contributed by atoms with Gasteiger partial charge < -0.3 is 0 Å². The number of hydrogen-bond acceptors (Lipinski definition) is 4. The van der Waals surface area contributed by atoms with Crippen LogP contribution in [-0.4, -0.2) is 18.2 Å². The summed E-state index contributed by atoms with van der Waals surface area (Å²) in [5, 5.41) is 11.9. The Morgan fingerprint density at radius 1 is 1.17 bits per heavy atom. The lowest BCUT2D eigenvalue weighted by Crippen LogP contribution is -2.12. The molecule has 0 saturated carbocycles. The highest BCUT2D eigenvalue weighted by Gasteiger charge is 2.25. The van der Waals surface area contributed by atoms with Crippen LogP contribution in [0.25, 0.3) is 16.9 Å². The molecule has 0 amide bonds. The highest BCUT2D eigenvalue weighted by atomic mass is 32.2. The van der Waals surface area contributed by atoms with Crippen molar-refractivity contribution in [3.63, 3.8) is 0 Å². The number of nitrogens with two attached hydrogens (primary N) is 1. The Balaban J connectivity index is 1.89. The molecule has 5 nitrogen and oxygen atoms in total. The van der Waals surface area contributed by atoms with Crippen LogP contribution in [0.15, 0.2) is 40.6 Å². The van der Waals surface area contributed by atoms with E-state index >= 15 is 0 Å². The number of aromatic nitrogens is 2. The van der Waals surface area contributed by atoms with Crippen molar-refractivity contribution in [3.05, 3.63) is 51.8 Å². The molecule has 7 heteroatoms. The summed E-state index contributed by atoms with van der Waals surface area (Å²) in [6.45, 7) is 2.02. The SMILES string of the molecule is Cc1nn(-c2ccc(S(N)(=O)=O)cc2)c2c1CCc1sccc1-2. The minimum Gasteiger partial charge on any atom is -0.233 e. The standard InChI is InChI=1S/C16H15N3O2S2/c1-10-13-6-7-15-14(8-9-22-15)16(13)19(18-10)11-2-4-12(5-3-11)23(17,20)21/h2-5,8-9H,6-7H2,1H3,(H2,17,20,21). The van der Waals surface area contributed by atoms with Crippen LogP contribution < -0.4 is 5.14 Å². The molecule has 3 aromatic rings. The van der Waals surface area contributed by atoms with Gasteiger partial charge in [0.1, 0.15) is 0 Å². The quantitative estimate of drug-likeness (QED) is 0.775. The maximum atomic E-state index is 11.4. The number of sulfonamides is 1. The molecule has 0 aliphatic heterocycles. The van der Waals surface area contributed by atoms with Crippen LogP contribution in [-0.2, 0) is 22.9 Å². The normalized spacial score (nSPS) is 13.7. The van der Waals surface area contributed by atoms with Crippen LogP contribution in [0.3, 0.4) is 0 Å². The Kier molecular flexibility index (Phi) is 3.19. The van der Waals surface area contributed by atoms with Gasteiger partial charge in [-0.05, 0) is 55.5 Å². The zero-order valence-electron chi connectivity index (χ0n) is 12.5. The highest BCUT2D eigenvalue weighted by Crippen LogP contribution is 2.39. The molecule has 0 atom stereocenters. The first-order valence-corrected chi connectivity index (χ1v) is 9.66. The number of fused-ring (bicyclic) bond motifs is 3. The summed E-state index contributed by atoms with van der Waals surface area (Å²) in [6.07, 6.45) is 2.04.